The predicted molar refractivity (Wildman–Crippen MR) is 69.5 cm³/mol. The second kappa shape index (κ2) is 4.99. The summed E-state index contributed by atoms with van der Waals surface area (Å²) in [5, 5.41) is 4.34. The van der Waals surface area contributed by atoms with E-state index in [1.54, 1.807) is 12.1 Å². The molecule has 2 rings (SSSR count). The highest BCUT2D eigenvalue weighted by Gasteiger charge is 2.12. The van der Waals surface area contributed by atoms with Gasteiger partial charge in [0, 0.05) is 17.1 Å². The van der Waals surface area contributed by atoms with Crippen molar-refractivity contribution in [2.75, 3.05) is 11.9 Å². The van der Waals surface area contributed by atoms with Gasteiger partial charge >= 0.3 is 0 Å². The summed E-state index contributed by atoms with van der Waals surface area (Å²) < 4.78 is 8.41. The van der Waals surface area contributed by atoms with E-state index in [2.05, 4.69) is 14.1 Å². The van der Waals surface area contributed by atoms with Crippen molar-refractivity contribution < 1.29 is 0 Å². The lowest BCUT2D eigenvalue weighted by Gasteiger charge is -2.04. The molecule has 0 bridgehead atoms. The molecule has 1 heterocycles. The molecular formula is C10H9Cl2N3S. The normalized spacial score (nSPS) is 10.4. The molecule has 1 N–H and O–H groups in total. The van der Waals surface area contributed by atoms with Gasteiger partial charge in [-0.15, -0.1) is 0 Å². The maximum absolute atomic E-state index is 6.12. The number of nitrogens with zero attached hydrogens (tertiary/aromatic N) is 2. The summed E-state index contributed by atoms with van der Waals surface area (Å²) in [6, 6.07) is 5.34. The lowest BCUT2D eigenvalue weighted by Crippen LogP contribution is -1.98. The lowest BCUT2D eigenvalue weighted by molar-refractivity contribution is 1.19. The molecule has 0 spiro atoms. The van der Waals surface area contributed by atoms with Crippen molar-refractivity contribution in [3.05, 3.63) is 28.2 Å². The Labute approximate surface area is 108 Å². The second-order valence-electron chi connectivity index (χ2n) is 3.12. The molecular weight excluding hydrogens is 265 g/mol. The fourth-order valence-electron chi connectivity index (χ4n) is 1.33. The highest BCUT2D eigenvalue weighted by Crippen LogP contribution is 2.33. The van der Waals surface area contributed by atoms with Crippen LogP contribution >= 0.6 is 34.9 Å². The molecule has 0 aliphatic carbocycles. The van der Waals surface area contributed by atoms with E-state index in [4.69, 9.17) is 23.2 Å². The van der Waals surface area contributed by atoms with Crippen LogP contribution in [0.2, 0.25) is 10.0 Å². The van der Waals surface area contributed by atoms with Gasteiger partial charge in [-0.25, -0.2) is 0 Å². The minimum Gasteiger partial charge on any atom is -0.368 e. The van der Waals surface area contributed by atoms with Crippen molar-refractivity contribution in [3.8, 4) is 11.3 Å². The molecule has 0 fully saturated rings. The predicted octanol–water partition coefficient (Wildman–Crippen LogP) is 3.94. The maximum atomic E-state index is 6.12. The number of nitrogens with one attached hydrogen (secondary N) is 1. The van der Waals surface area contributed by atoms with Crippen LogP contribution in [0, 0.1) is 0 Å². The molecule has 0 radical (unpaired) electrons. The second-order valence-corrected chi connectivity index (χ2v) is 4.49. The highest BCUT2D eigenvalue weighted by molar-refractivity contribution is 6.99. The maximum Gasteiger partial charge on any atom is 0.168 e. The van der Waals surface area contributed by atoms with E-state index < -0.39 is 0 Å². The van der Waals surface area contributed by atoms with Gasteiger partial charge in [0.25, 0.3) is 0 Å². The summed E-state index contributed by atoms with van der Waals surface area (Å²) in [4.78, 5) is 0. The smallest absolute Gasteiger partial charge is 0.168 e. The summed E-state index contributed by atoms with van der Waals surface area (Å²) in [6.45, 7) is 2.80. The molecule has 16 heavy (non-hydrogen) atoms. The average Bonchev–Trinajstić information content (AvgIpc) is 2.67. The van der Waals surface area contributed by atoms with Crippen LogP contribution in [0.3, 0.4) is 0 Å². The Kier molecular flexibility index (Phi) is 3.63. The molecule has 0 saturated carbocycles. The average molecular weight is 274 g/mol. The zero-order valence-electron chi connectivity index (χ0n) is 8.50. The first kappa shape index (κ1) is 11.6. The van der Waals surface area contributed by atoms with Crippen LogP contribution in [0.1, 0.15) is 6.92 Å². The Morgan fingerprint density at radius 2 is 2.12 bits per heavy atom. The lowest BCUT2D eigenvalue weighted by atomic mass is 10.1. The van der Waals surface area contributed by atoms with Crippen LogP contribution in [0.25, 0.3) is 11.3 Å². The molecule has 0 amide bonds. The Bertz CT molecular complexity index is 499. The summed E-state index contributed by atoms with van der Waals surface area (Å²) in [5.41, 5.74) is 1.62. The summed E-state index contributed by atoms with van der Waals surface area (Å²) >= 11 is 13.1. The van der Waals surface area contributed by atoms with E-state index in [0.29, 0.717) is 10.0 Å². The molecule has 1 aromatic heterocycles. The van der Waals surface area contributed by atoms with E-state index in [-0.39, 0.29) is 0 Å². The van der Waals surface area contributed by atoms with Crippen LogP contribution in [-0.4, -0.2) is 15.3 Å². The number of benzene rings is 1. The van der Waals surface area contributed by atoms with E-state index in [0.717, 1.165) is 35.3 Å². The van der Waals surface area contributed by atoms with Crippen LogP contribution in [0.5, 0.6) is 0 Å². The van der Waals surface area contributed by atoms with Gasteiger partial charge in [-0.3, -0.25) is 0 Å². The van der Waals surface area contributed by atoms with Gasteiger partial charge < -0.3 is 5.32 Å². The highest BCUT2D eigenvalue weighted by atomic mass is 35.5. The van der Waals surface area contributed by atoms with E-state index in [1.165, 1.54) is 0 Å². The van der Waals surface area contributed by atoms with Crippen molar-refractivity contribution in [2.24, 2.45) is 0 Å². The van der Waals surface area contributed by atoms with E-state index in [9.17, 15) is 0 Å². The third-order valence-corrected chi connectivity index (χ3v) is 3.10. The van der Waals surface area contributed by atoms with Crippen molar-refractivity contribution in [3.63, 3.8) is 0 Å². The van der Waals surface area contributed by atoms with E-state index in [1.807, 2.05) is 13.0 Å². The van der Waals surface area contributed by atoms with Gasteiger partial charge in [-0.05, 0) is 25.1 Å². The van der Waals surface area contributed by atoms with Crippen LogP contribution < -0.4 is 5.32 Å². The Balaban J connectivity index is 2.46. The number of anilines is 1. The zero-order chi connectivity index (χ0) is 11.5. The van der Waals surface area contributed by atoms with Crippen molar-refractivity contribution in [2.45, 2.75) is 6.92 Å². The summed E-state index contributed by atoms with van der Waals surface area (Å²) in [6.07, 6.45) is 0. The Morgan fingerprint density at radius 3 is 2.81 bits per heavy atom. The van der Waals surface area contributed by atoms with Gasteiger partial charge in [0.15, 0.2) is 5.82 Å². The summed E-state index contributed by atoms with van der Waals surface area (Å²) in [7, 11) is 0. The topological polar surface area (TPSA) is 37.8 Å². The summed E-state index contributed by atoms with van der Waals surface area (Å²) in [5.74, 6) is 0.761. The molecule has 0 aliphatic heterocycles. The molecule has 2 aromatic rings. The number of hydrogen-bond acceptors (Lipinski definition) is 4. The minimum absolute atomic E-state index is 0.583. The number of rotatable bonds is 3. The number of halogens is 2. The number of aromatic nitrogens is 2. The largest absolute Gasteiger partial charge is 0.368 e. The molecule has 3 nitrogen and oxygen atoms in total. The zero-order valence-corrected chi connectivity index (χ0v) is 10.8. The fraction of sp³-hybridized carbons (Fsp3) is 0.200. The molecule has 84 valence electrons. The molecule has 0 saturated heterocycles. The standard InChI is InChI=1S/C10H9Cl2N3S/c1-2-13-10-9(14-16-15-10)7-4-3-6(11)5-8(7)12/h3-5H,2H2,1H3,(H,13,15). The fourth-order valence-corrected chi connectivity index (χ4v) is 2.37. The molecule has 0 aliphatic rings. The molecule has 0 atom stereocenters. The first-order valence-electron chi connectivity index (χ1n) is 4.74. The van der Waals surface area contributed by atoms with Gasteiger partial charge in [0.1, 0.15) is 5.69 Å². The Hall–Kier alpha value is -0.840. The van der Waals surface area contributed by atoms with Gasteiger partial charge in [0.05, 0.1) is 16.8 Å². The first-order valence-corrected chi connectivity index (χ1v) is 6.23. The quantitative estimate of drug-likeness (QED) is 0.921. The third kappa shape index (κ3) is 2.29. The van der Waals surface area contributed by atoms with Crippen molar-refractivity contribution in [1.82, 2.24) is 8.75 Å². The van der Waals surface area contributed by atoms with Gasteiger partial charge in [-0.1, -0.05) is 23.2 Å². The van der Waals surface area contributed by atoms with Crippen LogP contribution in [0.15, 0.2) is 18.2 Å². The van der Waals surface area contributed by atoms with Crippen molar-refractivity contribution >= 4 is 40.7 Å². The van der Waals surface area contributed by atoms with E-state index >= 15 is 0 Å². The molecule has 6 heteroatoms. The molecule has 1 aromatic carbocycles. The van der Waals surface area contributed by atoms with Gasteiger partial charge in [-0.2, -0.15) is 8.75 Å². The minimum atomic E-state index is 0.583. The monoisotopic (exact) mass is 273 g/mol. The number of hydrogen-bond donors (Lipinski definition) is 1. The van der Waals surface area contributed by atoms with Crippen LogP contribution in [-0.2, 0) is 0 Å². The molecule has 0 unspecified atom stereocenters. The van der Waals surface area contributed by atoms with Gasteiger partial charge in [0.2, 0.25) is 0 Å². The SMILES string of the molecule is CCNc1nsnc1-c1ccc(Cl)cc1Cl. The van der Waals surface area contributed by atoms with Crippen LogP contribution in [0.4, 0.5) is 5.82 Å². The first-order chi connectivity index (χ1) is 7.72. The van der Waals surface area contributed by atoms with Crippen molar-refractivity contribution in [1.29, 1.82) is 0 Å². The third-order valence-electron chi connectivity index (χ3n) is 2.02. The Morgan fingerprint density at radius 1 is 1.31 bits per heavy atom.